The third kappa shape index (κ3) is 2.32. The van der Waals surface area contributed by atoms with Gasteiger partial charge in [0.1, 0.15) is 0 Å². The lowest BCUT2D eigenvalue weighted by Gasteiger charge is -1.98. The van der Waals surface area contributed by atoms with Crippen molar-refractivity contribution in [2.45, 2.75) is 6.92 Å². The highest BCUT2D eigenvalue weighted by molar-refractivity contribution is 7.13. The van der Waals surface area contributed by atoms with Gasteiger partial charge in [0.25, 0.3) is 5.91 Å². The van der Waals surface area contributed by atoms with E-state index in [1.165, 1.54) is 11.3 Å². The Labute approximate surface area is 75.0 Å². The standard InChI is InChI=1S/C8H11NO2S/c1-6-2-3-7(12-6)8(11)9-4-5-10/h2-3,10H,4-5H2,1H3,(H,9,11). The number of rotatable bonds is 3. The molecule has 0 radical (unpaired) electrons. The van der Waals surface area contributed by atoms with Crippen LogP contribution >= 0.6 is 11.3 Å². The first-order chi connectivity index (χ1) is 5.74. The van der Waals surface area contributed by atoms with Gasteiger partial charge in [0.2, 0.25) is 0 Å². The molecule has 0 atom stereocenters. The Morgan fingerprint density at radius 3 is 2.92 bits per heavy atom. The Hall–Kier alpha value is -0.870. The SMILES string of the molecule is Cc1ccc(C(=O)NCCO)s1. The summed E-state index contributed by atoms with van der Waals surface area (Å²) in [5.41, 5.74) is 0. The van der Waals surface area contributed by atoms with Crippen LogP contribution in [-0.4, -0.2) is 24.2 Å². The van der Waals surface area contributed by atoms with Gasteiger partial charge >= 0.3 is 0 Å². The Morgan fingerprint density at radius 1 is 1.67 bits per heavy atom. The van der Waals surface area contributed by atoms with Gasteiger partial charge in [-0.15, -0.1) is 11.3 Å². The van der Waals surface area contributed by atoms with Crippen LogP contribution in [0.25, 0.3) is 0 Å². The zero-order valence-corrected chi connectivity index (χ0v) is 7.65. The zero-order chi connectivity index (χ0) is 8.97. The molecule has 0 saturated heterocycles. The number of aryl methyl sites for hydroxylation is 1. The molecule has 0 fully saturated rings. The fourth-order valence-corrected chi connectivity index (χ4v) is 1.60. The maximum atomic E-state index is 11.2. The number of aliphatic hydroxyl groups is 1. The van der Waals surface area contributed by atoms with Crippen molar-refractivity contribution in [3.8, 4) is 0 Å². The highest BCUT2D eigenvalue weighted by Crippen LogP contribution is 2.14. The molecule has 0 unspecified atom stereocenters. The van der Waals surface area contributed by atoms with Crippen molar-refractivity contribution >= 4 is 17.2 Å². The summed E-state index contributed by atoms with van der Waals surface area (Å²) < 4.78 is 0. The van der Waals surface area contributed by atoms with Crippen LogP contribution in [0.5, 0.6) is 0 Å². The second-order valence-electron chi connectivity index (χ2n) is 2.39. The summed E-state index contributed by atoms with van der Waals surface area (Å²) >= 11 is 1.45. The summed E-state index contributed by atoms with van der Waals surface area (Å²) in [6.45, 7) is 2.25. The monoisotopic (exact) mass is 185 g/mol. The molecule has 1 amide bonds. The molecule has 0 aliphatic carbocycles. The molecule has 1 aromatic heterocycles. The van der Waals surface area contributed by atoms with E-state index in [0.29, 0.717) is 11.4 Å². The third-order valence-corrected chi connectivity index (χ3v) is 2.36. The van der Waals surface area contributed by atoms with Gasteiger partial charge < -0.3 is 10.4 Å². The highest BCUT2D eigenvalue weighted by Gasteiger charge is 2.05. The van der Waals surface area contributed by atoms with Crippen LogP contribution in [0.2, 0.25) is 0 Å². The summed E-state index contributed by atoms with van der Waals surface area (Å²) in [6.07, 6.45) is 0. The van der Waals surface area contributed by atoms with Gasteiger partial charge in [-0.05, 0) is 19.1 Å². The van der Waals surface area contributed by atoms with Crippen LogP contribution in [0.3, 0.4) is 0 Å². The summed E-state index contributed by atoms with van der Waals surface area (Å²) in [5.74, 6) is -0.109. The minimum atomic E-state index is -0.109. The van der Waals surface area contributed by atoms with Gasteiger partial charge in [-0.25, -0.2) is 0 Å². The maximum absolute atomic E-state index is 11.2. The number of amides is 1. The van der Waals surface area contributed by atoms with Crippen LogP contribution in [0, 0.1) is 6.92 Å². The van der Waals surface area contributed by atoms with Gasteiger partial charge in [0.15, 0.2) is 0 Å². The fraction of sp³-hybridized carbons (Fsp3) is 0.375. The van der Waals surface area contributed by atoms with Crippen molar-refractivity contribution in [2.24, 2.45) is 0 Å². The number of hydrogen-bond acceptors (Lipinski definition) is 3. The molecule has 1 heterocycles. The van der Waals surface area contributed by atoms with Crippen molar-refractivity contribution in [2.75, 3.05) is 13.2 Å². The predicted octanol–water partition coefficient (Wildman–Crippen LogP) is 0.779. The smallest absolute Gasteiger partial charge is 0.261 e. The van der Waals surface area contributed by atoms with Gasteiger partial charge in [0.05, 0.1) is 11.5 Å². The quantitative estimate of drug-likeness (QED) is 0.731. The molecule has 4 heteroatoms. The van der Waals surface area contributed by atoms with Crippen LogP contribution in [0.1, 0.15) is 14.5 Å². The first-order valence-corrected chi connectivity index (χ1v) is 4.51. The average molecular weight is 185 g/mol. The van der Waals surface area contributed by atoms with E-state index in [0.717, 1.165) is 4.88 Å². The van der Waals surface area contributed by atoms with Crippen molar-refractivity contribution in [1.82, 2.24) is 5.32 Å². The second kappa shape index (κ2) is 4.23. The van der Waals surface area contributed by atoms with Gasteiger partial charge in [-0.3, -0.25) is 4.79 Å². The predicted molar refractivity (Wildman–Crippen MR) is 48.5 cm³/mol. The van der Waals surface area contributed by atoms with E-state index < -0.39 is 0 Å². The lowest BCUT2D eigenvalue weighted by Crippen LogP contribution is -2.25. The minimum absolute atomic E-state index is 0.0178. The van der Waals surface area contributed by atoms with E-state index in [1.807, 2.05) is 13.0 Å². The molecule has 12 heavy (non-hydrogen) atoms. The number of aliphatic hydroxyl groups excluding tert-OH is 1. The highest BCUT2D eigenvalue weighted by atomic mass is 32.1. The number of carbonyl (C=O) groups is 1. The van der Waals surface area contributed by atoms with Crippen LogP contribution in [0.15, 0.2) is 12.1 Å². The van der Waals surface area contributed by atoms with Crippen LogP contribution < -0.4 is 5.32 Å². The molecule has 1 aromatic rings. The summed E-state index contributed by atoms with van der Waals surface area (Å²) in [5, 5.41) is 11.0. The van der Waals surface area contributed by atoms with E-state index in [-0.39, 0.29) is 12.5 Å². The molecule has 1 rings (SSSR count). The van der Waals surface area contributed by atoms with Gasteiger partial charge in [-0.2, -0.15) is 0 Å². The van der Waals surface area contributed by atoms with Crippen molar-refractivity contribution in [3.63, 3.8) is 0 Å². The number of thiophene rings is 1. The van der Waals surface area contributed by atoms with E-state index in [1.54, 1.807) is 6.07 Å². The second-order valence-corrected chi connectivity index (χ2v) is 3.68. The van der Waals surface area contributed by atoms with Gasteiger partial charge in [0, 0.05) is 11.4 Å². The number of hydrogen-bond donors (Lipinski definition) is 2. The first kappa shape index (κ1) is 9.22. The van der Waals surface area contributed by atoms with E-state index >= 15 is 0 Å². The Bertz CT molecular complexity index is 270. The van der Waals surface area contributed by atoms with Crippen molar-refractivity contribution < 1.29 is 9.90 Å². The molecule has 0 aliphatic heterocycles. The Morgan fingerprint density at radius 2 is 2.42 bits per heavy atom. The maximum Gasteiger partial charge on any atom is 0.261 e. The Balaban J connectivity index is 2.53. The lowest BCUT2D eigenvalue weighted by molar-refractivity contribution is 0.0949. The Kier molecular flexibility index (Phi) is 3.25. The molecular formula is C8H11NO2S. The van der Waals surface area contributed by atoms with Gasteiger partial charge in [-0.1, -0.05) is 0 Å². The topological polar surface area (TPSA) is 49.3 Å². The molecular weight excluding hydrogens is 174 g/mol. The number of carbonyl (C=O) groups excluding carboxylic acids is 1. The van der Waals surface area contributed by atoms with Crippen molar-refractivity contribution in [3.05, 3.63) is 21.9 Å². The minimum Gasteiger partial charge on any atom is -0.395 e. The molecule has 2 N–H and O–H groups in total. The van der Waals surface area contributed by atoms with E-state index in [2.05, 4.69) is 5.32 Å². The fourth-order valence-electron chi connectivity index (χ4n) is 0.813. The molecule has 0 bridgehead atoms. The lowest BCUT2D eigenvalue weighted by atomic mass is 10.4. The van der Waals surface area contributed by atoms with Crippen LogP contribution in [0.4, 0.5) is 0 Å². The normalized spacial score (nSPS) is 9.83. The summed E-state index contributed by atoms with van der Waals surface area (Å²) in [7, 11) is 0. The third-order valence-electron chi connectivity index (χ3n) is 1.36. The molecule has 66 valence electrons. The molecule has 0 aliphatic rings. The van der Waals surface area contributed by atoms with E-state index in [9.17, 15) is 4.79 Å². The molecule has 3 nitrogen and oxygen atoms in total. The summed E-state index contributed by atoms with van der Waals surface area (Å²) in [4.78, 5) is 13.0. The largest absolute Gasteiger partial charge is 0.395 e. The number of nitrogens with one attached hydrogen (secondary N) is 1. The van der Waals surface area contributed by atoms with E-state index in [4.69, 9.17) is 5.11 Å². The first-order valence-electron chi connectivity index (χ1n) is 3.69. The van der Waals surface area contributed by atoms with Crippen LogP contribution in [-0.2, 0) is 0 Å². The molecule has 0 saturated carbocycles. The zero-order valence-electron chi connectivity index (χ0n) is 6.83. The van der Waals surface area contributed by atoms with Crippen molar-refractivity contribution in [1.29, 1.82) is 0 Å². The molecule has 0 aromatic carbocycles. The molecule has 0 spiro atoms. The summed E-state index contributed by atoms with van der Waals surface area (Å²) in [6, 6.07) is 3.69. The average Bonchev–Trinajstić information content (AvgIpc) is 2.47.